The summed E-state index contributed by atoms with van der Waals surface area (Å²) in [6.45, 7) is 0.0752. The van der Waals surface area contributed by atoms with Crippen molar-refractivity contribution in [1.29, 1.82) is 0 Å². The molecule has 0 saturated heterocycles. The van der Waals surface area contributed by atoms with Gasteiger partial charge in [0.1, 0.15) is 22.2 Å². The summed E-state index contributed by atoms with van der Waals surface area (Å²) in [6, 6.07) is 14.0. The molecule has 0 bridgehead atoms. The second-order valence-electron chi connectivity index (χ2n) is 4.72. The fourth-order valence-electron chi connectivity index (χ4n) is 2.11. The van der Waals surface area contributed by atoms with Gasteiger partial charge < -0.3 is 9.15 Å². The molecule has 2 heterocycles. The second kappa shape index (κ2) is 6.57. The van der Waals surface area contributed by atoms with Crippen LogP contribution in [0.15, 0.2) is 63.2 Å². The van der Waals surface area contributed by atoms with Crippen molar-refractivity contribution in [3.05, 3.63) is 59.7 Å². The van der Waals surface area contributed by atoms with E-state index in [-0.39, 0.29) is 11.4 Å². The Balaban J connectivity index is 1.75. The molecular formula is C16H15NO4S2. The largest absolute Gasteiger partial charge is 0.495 e. The Labute approximate surface area is 138 Å². The van der Waals surface area contributed by atoms with Gasteiger partial charge in [0.25, 0.3) is 0 Å². The zero-order chi connectivity index (χ0) is 16.3. The van der Waals surface area contributed by atoms with Crippen molar-refractivity contribution >= 4 is 21.4 Å². The minimum atomic E-state index is -3.68. The molecule has 0 unspecified atom stereocenters. The summed E-state index contributed by atoms with van der Waals surface area (Å²) in [5, 5.41) is 1.96. The lowest BCUT2D eigenvalue weighted by Gasteiger charge is -2.09. The lowest BCUT2D eigenvalue weighted by Crippen LogP contribution is -2.23. The molecule has 7 heteroatoms. The standard InChI is InChI=1S/C16H15NO4S2/c1-20-14-5-2-3-7-16(14)23(18,19)17-11-12-8-9-13(21-12)15-6-4-10-22-15/h2-10,17H,11H2,1H3. The van der Waals surface area contributed by atoms with E-state index in [1.54, 1.807) is 35.6 Å². The molecule has 0 atom stereocenters. The fraction of sp³-hybridized carbons (Fsp3) is 0.125. The van der Waals surface area contributed by atoms with Crippen molar-refractivity contribution in [2.75, 3.05) is 7.11 Å². The highest BCUT2D eigenvalue weighted by molar-refractivity contribution is 7.89. The first-order chi connectivity index (χ1) is 11.1. The number of methoxy groups -OCH3 is 1. The number of rotatable bonds is 6. The van der Waals surface area contributed by atoms with Gasteiger partial charge in [0.05, 0.1) is 18.5 Å². The van der Waals surface area contributed by atoms with Crippen molar-refractivity contribution in [3.8, 4) is 16.4 Å². The summed E-state index contributed by atoms with van der Waals surface area (Å²) in [5.74, 6) is 1.58. The van der Waals surface area contributed by atoms with E-state index < -0.39 is 10.0 Å². The maximum absolute atomic E-state index is 12.4. The van der Waals surface area contributed by atoms with E-state index in [2.05, 4.69) is 4.72 Å². The van der Waals surface area contributed by atoms with Crippen LogP contribution < -0.4 is 9.46 Å². The molecule has 0 aliphatic rings. The SMILES string of the molecule is COc1ccccc1S(=O)(=O)NCc1ccc(-c2cccs2)o1. The maximum atomic E-state index is 12.4. The number of sulfonamides is 1. The topological polar surface area (TPSA) is 68.5 Å². The number of hydrogen-bond acceptors (Lipinski definition) is 5. The molecule has 1 aromatic carbocycles. The minimum absolute atomic E-state index is 0.0752. The van der Waals surface area contributed by atoms with E-state index in [0.29, 0.717) is 11.5 Å². The van der Waals surface area contributed by atoms with Crippen LogP contribution in [-0.2, 0) is 16.6 Å². The van der Waals surface area contributed by atoms with E-state index in [1.165, 1.54) is 13.2 Å². The molecule has 1 N–H and O–H groups in total. The highest BCUT2D eigenvalue weighted by Gasteiger charge is 2.19. The first-order valence-electron chi connectivity index (χ1n) is 6.85. The monoisotopic (exact) mass is 349 g/mol. The zero-order valence-electron chi connectivity index (χ0n) is 12.4. The summed E-state index contributed by atoms with van der Waals surface area (Å²) in [4.78, 5) is 1.11. The van der Waals surface area contributed by atoms with E-state index >= 15 is 0 Å². The van der Waals surface area contributed by atoms with E-state index in [0.717, 1.165) is 10.6 Å². The molecule has 0 aliphatic heterocycles. The number of para-hydroxylation sites is 1. The van der Waals surface area contributed by atoms with Gasteiger partial charge >= 0.3 is 0 Å². The predicted octanol–water partition coefficient (Wildman–Crippen LogP) is 3.50. The van der Waals surface area contributed by atoms with Gasteiger partial charge in [-0.05, 0) is 35.7 Å². The summed E-state index contributed by atoms with van der Waals surface area (Å²) in [7, 11) is -2.24. The lowest BCUT2D eigenvalue weighted by molar-refractivity contribution is 0.402. The molecule has 0 amide bonds. The van der Waals surface area contributed by atoms with Crippen LogP contribution in [0.4, 0.5) is 0 Å². The van der Waals surface area contributed by atoms with Crippen molar-refractivity contribution < 1.29 is 17.6 Å². The molecule has 5 nitrogen and oxygen atoms in total. The number of nitrogens with one attached hydrogen (secondary N) is 1. The van der Waals surface area contributed by atoms with Crippen LogP contribution in [0, 0.1) is 0 Å². The van der Waals surface area contributed by atoms with Crippen LogP contribution in [-0.4, -0.2) is 15.5 Å². The third kappa shape index (κ3) is 3.47. The Morgan fingerprint density at radius 2 is 1.96 bits per heavy atom. The van der Waals surface area contributed by atoms with Crippen molar-refractivity contribution in [2.24, 2.45) is 0 Å². The molecule has 3 rings (SSSR count). The highest BCUT2D eigenvalue weighted by atomic mass is 32.2. The molecule has 0 aliphatic carbocycles. The van der Waals surface area contributed by atoms with Gasteiger partial charge in [0.15, 0.2) is 0 Å². The summed E-state index contributed by atoms with van der Waals surface area (Å²) in [5.41, 5.74) is 0. The molecule has 3 aromatic rings. The summed E-state index contributed by atoms with van der Waals surface area (Å²) < 4.78 is 38.1. The molecule has 0 radical (unpaired) electrons. The van der Waals surface area contributed by atoms with E-state index in [4.69, 9.17) is 9.15 Å². The molecule has 0 saturated carbocycles. The number of benzene rings is 1. The number of hydrogen-bond donors (Lipinski definition) is 1. The quantitative estimate of drug-likeness (QED) is 0.739. The van der Waals surface area contributed by atoms with Gasteiger partial charge in [0, 0.05) is 0 Å². The van der Waals surface area contributed by atoms with Crippen LogP contribution in [0.5, 0.6) is 5.75 Å². The first-order valence-corrected chi connectivity index (χ1v) is 9.22. The Kier molecular flexibility index (Phi) is 4.51. The Hall–Kier alpha value is -2.09. The van der Waals surface area contributed by atoms with Crippen molar-refractivity contribution in [1.82, 2.24) is 4.72 Å². The minimum Gasteiger partial charge on any atom is -0.495 e. The smallest absolute Gasteiger partial charge is 0.244 e. The number of furan rings is 1. The van der Waals surface area contributed by atoms with Crippen molar-refractivity contribution in [3.63, 3.8) is 0 Å². The number of ether oxygens (including phenoxy) is 1. The Morgan fingerprint density at radius 1 is 1.13 bits per heavy atom. The molecule has 23 heavy (non-hydrogen) atoms. The van der Waals surface area contributed by atoms with Crippen LogP contribution in [0.2, 0.25) is 0 Å². The van der Waals surface area contributed by atoms with Gasteiger partial charge in [-0.15, -0.1) is 11.3 Å². The van der Waals surface area contributed by atoms with Gasteiger partial charge in [-0.3, -0.25) is 0 Å². The molecule has 0 fully saturated rings. The van der Waals surface area contributed by atoms with Crippen LogP contribution in [0.3, 0.4) is 0 Å². The summed E-state index contributed by atoms with van der Waals surface area (Å²) >= 11 is 1.57. The molecule has 0 spiro atoms. The average Bonchev–Trinajstić information content (AvgIpc) is 3.24. The molecular weight excluding hydrogens is 334 g/mol. The molecule has 2 aromatic heterocycles. The van der Waals surface area contributed by atoms with Crippen LogP contribution >= 0.6 is 11.3 Å². The third-order valence-corrected chi connectivity index (χ3v) is 5.55. The predicted molar refractivity (Wildman–Crippen MR) is 89.0 cm³/mol. The van der Waals surface area contributed by atoms with E-state index in [9.17, 15) is 8.42 Å². The Bertz CT molecular complexity index is 882. The zero-order valence-corrected chi connectivity index (χ0v) is 14.0. The van der Waals surface area contributed by atoms with Crippen LogP contribution in [0.25, 0.3) is 10.6 Å². The fourth-order valence-corrected chi connectivity index (χ4v) is 3.96. The first kappa shape index (κ1) is 15.8. The van der Waals surface area contributed by atoms with Gasteiger partial charge in [0.2, 0.25) is 10.0 Å². The number of thiophene rings is 1. The normalized spacial score (nSPS) is 11.5. The van der Waals surface area contributed by atoms with Crippen LogP contribution in [0.1, 0.15) is 5.76 Å². The highest BCUT2D eigenvalue weighted by Crippen LogP contribution is 2.27. The van der Waals surface area contributed by atoms with Crippen molar-refractivity contribution in [2.45, 2.75) is 11.4 Å². The summed E-state index contributed by atoms with van der Waals surface area (Å²) in [6.07, 6.45) is 0. The lowest BCUT2D eigenvalue weighted by atomic mass is 10.3. The molecule has 120 valence electrons. The third-order valence-electron chi connectivity index (χ3n) is 3.22. The Morgan fingerprint density at radius 3 is 2.70 bits per heavy atom. The maximum Gasteiger partial charge on any atom is 0.244 e. The van der Waals surface area contributed by atoms with E-state index in [1.807, 2.05) is 23.6 Å². The van der Waals surface area contributed by atoms with Gasteiger partial charge in [-0.2, -0.15) is 0 Å². The van der Waals surface area contributed by atoms with Gasteiger partial charge in [-0.25, -0.2) is 13.1 Å². The second-order valence-corrected chi connectivity index (χ2v) is 7.40. The average molecular weight is 349 g/mol. The van der Waals surface area contributed by atoms with Gasteiger partial charge in [-0.1, -0.05) is 18.2 Å².